The molecule has 1 aliphatic rings. The van der Waals surface area contributed by atoms with E-state index in [0.29, 0.717) is 38.1 Å². The van der Waals surface area contributed by atoms with E-state index in [4.69, 9.17) is 14.5 Å². The van der Waals surface area contributed by atoms with Gasteiger partial charge in [0.05, 0.1) is 24.6 Å². The van der Waals surface area contributed by atoms with Crippen molar-refractivity contribution in [1.82, 2.24) is 9.55 Å². The molecule has 6 nitrogen and oxygen atoms in total. The van der Waals surface area contributed by atoms with Crippen LogP contribution in [0.1, 0.15) is 40.6 Å². The molecule has 1 saturated heterocycles. The number of thiophene rings is 1. The summed E-state index contributed by atoms with van der Waals surface area (Å²) < 4.78 is 13.7. The molecular weight excluding hydrogens is 500 g/mol. The van der Waals surface area contributed by atoms with Crippen LogP contribution in [0.4, 0.5) is 0 Å². The van der Waals surface area contributed by atoms with Gasteiger partial charge in [-0.15, -0.1) is 11.3 Å². The van der Waals surface area contributed by atoms with Crippen LogP contribution in [0.25, 0.3) is 10.2 Å². The van der Waals surface area contributed by atoms with Crippen LogP contribution in [0, 0.1) is 6.92 Å². The lowest BCUT2D eigenvalue weighted by molar-refractivity contribution is 0.0531. The summed E-state index contributed by atoms with van der Waals surface area (Å²) in [7, 11) is 0. The van der Waals surface area contributed by atoms with Crippen molar-refractivity contribution < 1.29 is 14.3 Å². The number of esters is 1. The maximum Gasteiger partial charge on any atom is 0.348 e. The molecule has 1 aromatic carbocycles. The lowest BCUT2D eigenvalue weighted by Gasteiger charge is -2.16. The molecule has 0 aliphatic carbocycles. The van der Waals surface area contributed by atoms with Crippen molar-refractivity contribution in [2.75, 3.05) is 13.2 Å². The summed E-state index contributed by atoms with van der Waals surface area (Å²) in [6.45, 7) is 5.03. The Morgan fingerprint density at radius 2 is 2.29 bits per heavy atom. The molecule has 0 bridgehead atoms. The van der Waals surface area contributed by atoms with Gasteiger partial charge in [-0.05, 0) is 49.9 Å². The number of thioether (sulfide) groups is 1. The summed E-state index contributed by atoms with van der Waals surface area (Å²) >= 11 is 6.25. The van der Waals surface area contributed by atoms with E-state index in [1.807, 2.05) is 18.2 Å². The lowest BCUT2D eigenvalue weighted by atomic mass is 10.2. The Morgan fingerprint density at radius 1 is 1.45 bits per heavy atom. The summed E-state index contributed by atoms with van der Waals surface area (Å²) in [5, 5.41) is 1.14. The number of hydrogen-bond acceptors (Lipinski definition) is 7. The van der Waals surface area contributed by atoms with Crippen molar-refractivity contribution in [1.29, 1.82) is 0 Å². The predicted molar refractivity (Wildman–Crippen MR) is 127 cm³/mol. The number of hydrogen-bond donors (Lipinski definition) is 0. The fraction of sp³-hybridized carbons (Fsp3) is 0.409. The maximum atomic E-state index is 13.5. The zero-order valence-corrected chi connectivity index (χ0v) is 20.6. The molecule has 9 heteroatoms. The van der Waals surface area contributed by atoms with Crippen LogP contribution in [0.3, 0.4) is 0 Å². The number of rotatable bonds is 7. The molecule has 1 atom stereocenters. The van der Waals surface area contributed by atoms with Crippen LogP contribution in [0.15, 0.2) is 38.7 Å². The number of carbonyl (C=O) groups excluding carboxylic acids is 1. The zero-order valence-electron chi connectivity index (χ0n) is 17.4. The normalized spacial score (nSPS) is 16.2. The first-order chi connectivity index (χ1) is 15.0. The summed E-state index contributed by atoms with van der Waals surface area (Å²) in [5.74, 6) is 0.272. The van der Waals surface area contributed by atoms with Crippen molar-refractivity contribution in [3.63, 3.8) is 0 Å². The topological polar surface area (TPSA) is 70.4 Å². The highest BCUT2D eigenvalue weighted by atomic mass is 79.9. The van der Waals surface area contributed by atoms with Crippen molar-refractivity contribution in [2.45, 2.75) is 50.2 Å². The molecule has 0 spiro atoms. The van der Waals surface area contributed by atoms with Crippen molar-refractivity contribution in [3.05, 3.63) is 55.1 Å². The molecule has 4 rings (SSSR count). The molecule has 1 fully saturated rings. The van der Waals surface area contributed by atoms with E-state index >= 15 is 0 Å². The summed E-state index contributed by atoms with van der Waals surface area (Å²) in [4.78, 5) is 31.7. The fourth-order valence-electron chi connectivity index (χ4n) is 3.63. The number of benzene rings is 1. The Kier molecular flexibility index (Phi) is 7.15. The van der Waals surface area contributed by atoms with Crippen molar-refractivity contribution in [2.24, 2.45) is 0 Å². The number of aromatic nitrogens is 2. The highest BCUT2D eigenvalue weighted by Gasteiger charge is 2.25. The summed E-state index contributed by atoms with van der Waals surface area (Å²) in [5.41, 5.74) is 1.65. The van der Waals surface area contributed by atoms with Gasteiger partial charge in [-0.25, -0.2) is 9.78 Å². The number of ether oxygens (including phenoxy) is 2. The molecule has 0 saturated carbocycles. The van der Waals surface area contributed by atoms with Gasteiger partial charge in [-0.3, -0.25) is 9.36 Å². The average molecular weight is 523 g/mol. The highest BCUT2D eigenvalue weighted by Crippen LogP contribution is 2.31. The molecule has 164 valence electrons. The number of nitrogens with zero attached hydrogens (tertiary/aromatic N) is 2. The van der Waals surface area contributed by atoms with E-state index in [1.54, 1.807) is 18.4 Å². The molecule has 0 unspecified atom stereocenters. The second-order valence-electron chi connectivity index (χ2n) is 7.32. The largest absolute Gasteiger partial charge is 0.462 e. The van der Waals surface area contributed by atoms with Gasteiger partial charge in [0.25, 0.3) is 5.56 Å². The highest BCUT2D eigenvalue weighted by molar-refractivity contribution is 9.10. The van der Waals surface area contributed by atoms with Gasteiger partial charge in [-0.1, -0.05) is 39.8 Å². The first-order valence-electron chi connectivity index (χ1n) is 10.2. The molecule has 0 amide bonds. The van der Waals surface area contributed by atoms with E-state index < -0.39 is 5.97 Å². The molecule has 0 N–H and O–H groups in total. The molecule has 3 heterocycles. The van der Waals surface area contributed by atoms with E-state index in [2.05, 4.69) is 22.0 Å². The van der Waals surface area contributed by atoms with Gasteiger partial charge in [0.1, 0.15) is 9.71 Å². The Labute approximate surface area is 197 Å². The van der Waals surface area contributed by atoms with Crippen LogP contribution in [-0.2, 0) is 21.8 Å². The summed E-state index contributed by atoms with van der Waals surface area (Å²) in [6, 6.07) is 8.08. The van der Waals surface area contributed by atoms with Gasteiger partial charge in [0.15, 0.2) is 5.16 Å². The standard InChI is InChI=1S/C22H23BrN2O4S2/c1-3-28-21(27)18-13(2)17-19(31-18)24-22(30-12-14-6-4-7-15(23)10-14)25(20(17)26)11-16-8-5-9-29-16/h4,6-7,10,16H,3,5,8-9,11-12H2,1-2H3/t16-/m0/s1. The van der Waals surface area contributed by atoms with Crippen molar-refractivity contribution >= 4 is 55.2 Å². The van der Waals surface area contributed by atoms with E-state index in [9.17, 15) is 9.59 Å². The van der Waals surface area contributed by atoms with Gasteiger partial charge in [0.2, 0.25) is 0 Å². The molecule has 0 radical (unpaired) electrons. The van der Waals surface area contributed by atoms with Crippen LogP contribution in [0.5, 0.6) is 0 Å². The smallest absolute Gasteiger partial charge is 0.348 e. The fourth-order valence-corrected chi connectivity index (χ4v) is 6.14. The average Bonchev–Trinajstić information content (AvgIpc) is 3.37. The molecule has 31 heavy (non-hydrogen) atoms. The molecule has 1 aliphatic heterocycles. The quantitative estimate of drug-likeness (QED) is 0.242. The third-order valence-corrected chi connectivity index (χ3v) is 7.85. The second kappa shape index (κ2) is 9.85. The minimum atomic E-state index is -0.406. The lowest BCUT2D eigenvalue weighted by Crippen LogP contribution is -2.28. The minimum Gasteiger partial charge on any atom is -0.462 e. The Hall–Kier alpha value is -1.68. The zero-order chi connectivity index (χ0) is 22.0. The van der Waals surface area contributed by atoms with Gasteiger partial charge in [0, 0.05) is 16.8 Å². The SMILES string of the molecule is CCOC(=O)c1sc2nc(SCc3cccc(Br)c3)n(C[C@@H]3CCCO3)c(=O)c2c1C. The van der Waals surface area contributed by atoms with E-state index in [0.717, 1.165) is 29.5 Å². The third-order valence-electron chi connectivity index (χ3n) is 5.14. The maximum absolute atomic E-state index is 13.5. The van der Waals surface area contributed by atoms with Crippen LogP contribution < -0.4 is 5.56 Å². The first-order valence-corrected chi connectivity index (χ1v) is 12.8. The predicted octanol–water partition coefficient (Wildman–Crippen LogP) is 5.18. The Balaban J connectivity index is 1.76. The first kappa shape index (κ1) is 22.5. The second-order valence-corrected chi connectivity index (χ2v) is 10.2. The summed E-state index contributed by atoms with van der Waals surface area (Å²) in [6.07, 6.45) is 1.93. The molecular formula is C22H23BrN2O4S2. The van der Waals surface area contributed by atoms with Gasteiger partial charge < -0.3 is 9.47 Å². The molecule has 3 aromatic rings. The van der Waals surface area contributed by atoms with Gasteiger partial charge >= 0.3 is 5.97 Å². The Morgan fingerprint density at radius 3 is 3.00 bits per heavy atom. The number of fused-ring (bicyclic) bond motifs is 1. The third kappa shape index (κ3) is 4.89. The van der Waals surface area contributed by atoms with Crippen LogP contribution in [0.2, 0.25) is 0 Å². The van der Waals surface area contributed by atoms with Gasteiger partial charge in [-0.2, -0.15) is 0 Å². The van der Waals surface area contributed by atoms with Crippen molar-refractivity contribution in [3.8, 4) is 0 Å². The van der Waals surface area contributed by atoms with Crippen LogP contribution >= 0.6 is 39.0 Å². The number of carbonyl (C=O) groups is 1. The van der Waals surface area contributed by atoms with E-state index in [-0.39, 0.29) is 18.3 Å². The minimum absolute atomic E-state index is 0.00522. The molecule has 2 aromatic heterocycles. The number of aryl methyl sites for hydroxylation is 1. The monoisotopic (exact) mass is 522 g/mol. The number of halogens is 1. The van der Waals surface area contributed by atoms with Crippen LogP contribution in [-0.4, -0.2) is 34.8 Å². The Bertz CT molecular complexity index is 1170. The van der Waals surface area contributed by atoms with E-state index in [1.165, 1.54) is 23.1 Å².